The highest BCUT2D eigenvalue weighted by molar-refractivity contribution is 9.10. The maximum Gasteiger partial charge on any atom is 0.180 e. The van der Waals surface area contributed by atoms with E-state index in [0.29, 0.717) is 29.7 Å². The summed E-state index contributed by atoms with van der Waals surface area (Å²) in [6, 6.07) is 7.37. The Morgan fingerprint density at radius 2 is 2.15 bits per heavy atom. The predicted octanol–water partition coefficient (Wildman–Crippen LogP) is 3.54. The lowest BCUT2D eigenvalue weighted by atomic mass is 10.2. The van der Waals surface area contributed by atoms with Gasteiger partial charge in [-0.25, -0.2) is 0 Å². The second kappa shape index (κ2) is 6.92. The summed E-state index contributed by atoms with van der Waals surface area (Å²) < 4.78 is 11.9. The molecule has 2 N–H and O–H groups in total. The lowest BCUT2D eigenvalue weighted by Gasteiger charge is -2.13. The molecule has 2 rings (SSSR count). The fourth-order valence-corrected chi connectivity index (χ4v) is 2.19. The first kappa shape index (κ1) is 15.1. The maximum atomic E-state index is 6.20. The van der Waals surface area contributed by atoms with Crippen LogP contribution in [0.5, 0.6) is 11.5 Å². The smallest absolute Gasteiger partial charge is 0.180 e. The Labute approximate surface area is 131 Å². The zero-order valence-electron chi connectivity index (χ0n) is 10.9. The van der Waals surface area contributed by atoms with E-state index in [1.165, 1.54) is 0 Å². The number of halogens is 2. The average Bonchev–Trinajstić information content (AvgIpc) is 2.47. The Morgan fingerprint density at radius 3 is 2.75 bits per heavy atom. The molecule has 0 bridgehead atoms. The second-order valence-corrected chi connectivity index (χ2v) is 5.39. The summed E-state index contributed by atoms with van der Waals surface area (Å²) in [5, 5.41) is 0.474. The molecule has 0 aliphatic rings. The molecule has 1 aromatic heterocycles. The van der Waals surface area contributed by atoms with Crippen LogP contribution in [0.3, 0.4) is 0 Å². The zero-order chi connectivity index (χ0) is 14.5. The third-order valence-electron chi connectivity index (χ3n) is 2.68. The molecule has 6 heteroatoms. The van der Waals surface area contributed by atoms with Crippen molar-refractivity contribution in [3.8, 4) is 11.5 Å². The van der Waals surface area contributed by atoms with E-state index < -0.39 is 0 Å². The fraction of sp³-hybridized carbons (Fsp3) is 0.214. The quantitative estimate of drug-likeness (QED) is 0.889. The first-order valence-electron chi connectivity index (χ1n) is 5.93. The van der Waals surface area contributed by atoms with Gasteiger partial charge in [-0.2, -0.15) is 0 Å². The van der Waals surface area contributed by atoms with Crippen LogP contribution in [0.25, 0.3) is 0 Å². The minimum atomic E-state index is 0.311. The van der Waals surface area contributed by atoms with Crippen LogP contribution in [0.4, 0.5) is 0 Å². The highest BCUT2D eigenvalue weighted by Gasteiger charge is 2.12. The molecule has 0 atom stereocenters. The molecule has 0 amide bonds. The molecule has 20 heavy (non-hydrogen) atoms. The number of pyridine rings is 1. The molecule has 2 aromatic rings. The highest BCUT2D eigenvalue weighted by Crippen LogP contribution is 2.36. The number of nitrogens with zero attached hydrogens (tertiary/aromatic N) is 1. The molecule has 4 nitrogen and oxygen atoms in total. The van der Waals surface area contributed by atoms with Crippen molar-refractivity contribution >= 4 is 27.5 Å². The van der Waals surface area contributed by atoms with E-state index in [1.807, 2.05) is 18.2 Å². The van der Waals surface area contributed by atoms with Gasteiger partial charge in [0.1, 0.15) is 6.61 Å². The van der Waals surface area contributed by atoms with Gasteiger partial charge < -0.3 is 15.2 Å². The van der Waals surface area contributed by atoms with E-state index in [1.54, 1.807) is 19.4 Å². The van der Waals surface area contributed by atoms with Crippen LogP contribution >= 0.6 is 27.5 Å². The Balaban J connectivity index is 2.18. The maximum absolute atomic E-state index is 6.20. The lowest BCUT2D eigenvalue weighted by molar-refractivity contribution is 0.280. The first-order valence-corrected chi connectivity index (χ1v) is 7.11. The molecule has 0 radical (unpaired) electrons. The van der Waals surface area contributed by atoms with Gasteiger partial charge in [0.05, 0.1) is 17.8 Å². The topological polar surface area (TPSA) is 57.4 Å². The van der Waals surface area contributed by atoms with Gasteiger partial charge in [-0.05, 0) is 45.8 Å². The highest BCUT2D eigenvalue weighted by atomic mass is 79.9. The molecule has 0 spiro atoms. The number of aromatic nitrogens is 1. The predicted molar refractivity (Wildman–Crippen MR) is 82.2 cm³/mol. The summed E-state index contributed by atoms with van der Waals surface area (Å²) in [4.78, 5) is 4.24. The van der Waals surface area contributed by atoms with Crippen LogP contribution in [0.2, 0.25) is 5.02 Å². The molecule has 1 aromatic carbocycles. The van der Waals surface area contributed by atoms with Gasteiger partial charge in [0, 0.05) is 17.2 Å². The molecular formula is C14H14BrClN2O2. The van der Waals surface area contributed by atoms with Gasteiger partial charge in [-0.3, -0.25) is 4.98 Å². The molecular weight excluding hydrogens is 344 g/mol. The first-order chi connectivity index (χ1) is 9.63. The number of hydrogen-bond acceptors (Lipinski definition) is 4. The molecule has 0 aliphatic carbocycles. The minimum absolute atomic E-state index is 0.311. The van der Waals surface area contributed by atoms with Gasteiger partial charge >= 0.3 is 0 Å². The van der Waals surface area contributed by atoms with Crippen molar-refractivity contribution in [1.29, 1.82) is 0 Å². The summed E-state index contributed by atoms with van der Waals surface area (Å²) in [7, 11) is 1.57. The van der Waals surface area contributed by atoms with E-state index in [-0.39, 0.29) is 0 Å². The summed E-state index contributed by atoms with van der Waals surface area (Å²) >= 11 is 9.53. The Bertz CT molecular complexity index is 590. The van der Waals surface area contributed by atoms with Gasteiger partial charge in [0.2, 0.25) is 0 Å². The lowest BCUT2D eigenvalue weighted by Crippen LogP contribution is -2.02. The molecule has 0 saturated carbocycles. The zero-order valence-corrected chi connectivity index (χ0v) is 13.2. The van der Waals surface area contributed by atoms with Gasteiger partial charge in [0.15, 0.2) is 11.5 Å². The summed E-state index contributed by atoms with van der Waals surface area (Å²) in [5.74, 6) is 1.06. The second-order valence-electron chi connectivity index (χ2n) is 4.07. The molecule has 0 fully saturated rings. The normalized spacial score (nSPS) is 10.4. The molecule has 106 valence electrons. The summed E-state index contributed by atoms with van der Waals surface area (Å²) in [6.45, 7) is 0.704. The van der Waals surface area contributed by atoms with Crippen molar-refractivity contribution < 1.29 is 9.47 Å². The Morgan fingerprint density at radius 1 is 1.35 bits per heavy atom. The van der Waals surface area contributed by atoms with E-state index in [4.69, 9.17) is 26.8 Å². The molecule has 0 aliphatic heterocycles. The number of nitrogens with two attached hydrogens (primary N) is 1. The number of ether oxygens (including phenoxy) is 2. The van der Waals surface area contributed by atoms with Gasteiger partial charge in [-0.1, -0.05) is 11.6 Å². The molecule has 1 heterocycles. The van der Waals surface area contributed by atoms with Gasteiger partial charge in [0.25, 0.3) is 0 Å². The monoisotopic (exact) mass is 356 g/mol. The minimum Gasteiger partial charge on any atom is -0.493 e. The molecule has 0 saturated heterocycles. The van der Waals surface area contributed by atoms with E-state index in [0.717, 1.165) is 15.7 Å². The van der Waals surface area contributed by atoms with Gasteiger partial charge in [-0.15, -0.1) is 0 Å². The fourth-order valence-electron chi connectivity index (χ4n) is 1.67. The number of benzene rings is 1. The third kappa shape index (κ3) is 3.62. The van der Waals surface area contributed by atoms with Crippen LogP contribution in [-0.4, -0.2) is 12.1 Å². The van der Waals surface area contributed by atoms with Crippen LogP contribution in [0.1, 0.15) is 11.3 Å². The van der Waals surface area contributed by atoms with Crippen molar-refractivity contribution in [1.82, 2.24) is 4.98 Å². The SMILES string of the molecule is COc1cc(CN)cc(Cl)c1OCc1ccc(Br)cn1. The number of hydrogen-bond donors (Lipinski definition) is 1. The summed E-state index contributed by atoms with van der Waals surface area (Å²) in [5.41, 5.74) is 7.29. The van der Waals surface area contributed by atoms with Crippen LogP contribution in [0, 0.1) is 0 Å². The van der Waals surface area contributed by atoms with Crippen molar-refractivity contribution in [3.05, 3.63) is 51.2 Å². The number of methoxy groups -OCH3 is 1. The average molecular weight is 358 g/mol. The van der Waals surface area contributed by atoms with Crippen molar-refractivity contribution in [2.24, 2.45) is 5.73 Å². The van der Waals surface area contributed by atoms with E-state index in [9.17, 15) is 0 Å². The molecule has 0 unspecified atom stereocenters. The standard InChI is InChI=1S/C14H14BrClN2O2/c1-19-13-5-9(6-17)4-12(16)14(13)20-8-11-3-2-10(15)7-18-11/h2-5,7H,6,8,17H2,1H3. The van der Waals surface area contributed by atoms with Crippen molar-refractivity contribution in [3.63, 3.8) is 0 Å². The van der Waals surface area contributed by atoms with Crippen LogP contribution in [0.15, 0.2) is 34.9 Å². The van der Waals surface area contributed by atoms with E-state index in [2.05, 4.69) is 20.9 Å². The number of rotatable bonds is 5. The Kier molecular flexibility index (Phi) is 5.23. The summed E-state index contributed by atoms with van der Waals surface area (Å²) in [6.07, 6.45) is 1.72. The van der Waals surface area contributed by atoms with Crippen molar-refractivity contribution in [2.45, 2.75) is 13.2 Å². The third-order valence-corrected chi connectivity index (χ3v) is 3.43. The van der Waals surface area contributed by atoms with Crippen LogP contribution in [-0.2, 0) is 13.2 Å². The van der Waals surface area contributed by atoms with Crippen molar-refractivity contribution in [2.75, 3.05) is 7.11 Å². The van der Waals surface area contributed by atoms with E-state index >= 15 is 0 Å². The van der Waals surface area contributed by atoms with Crippen LogP contribution < -0.4 is 15.2 Å². The Hall–Kier alpha value is -1.30. The largest absolute Gasteiger partial charge is 0.493 e.